The summed E-state index contributed by atoms with van der Waals surface area (Å²) in [5, 5.41) is 20.6. The molecule has 0 saturated heterocycles. The summed E-state index contributed by atoms with van der Waals surface area (Å²) in [6.07, 6.45) is 3.04. The summed E-state index contributed by atoms with van der Waals surface area (Å²) in [5.74, 6) is 0.119. The van der Waals surface area contributed by atoms with Crippen molar-refractivity contribution in [1.82, 2.24) is 24.7 Å². The van der Waals surface area contributed by atoms with Gasteiger partial charge in [-0.3, -0.25) is 14.7 Å². The molecule has 0 aliphatic heterocycles. The van der Waals surface area contributed by atoms with Gasteiger partial charge in [-0.05, 0) is 24.6 Å². The average Bonchev–Trinajstić information content (AvgIpc) is 3.23. The topological polar surface area (TPSA) is 132 Å². The average molecular weight is 309 g/mol. The van der Waals surface area contributed by atoms with Crippen molar-refractivity contribution in [3.63, 3.8) is 0 Å². The maximum atomic E-state index is 11.7. The summed E-state index contributed by atoms with van der Waals surface area (Å²) in [6.45, 7) is 0. The van der Waals surface area contributed by atoms with Gasteiger partial charge in [0.2, 0.25) is 5.82 Å². The molecule has 10 nitrogen and oxygen atoms in total. The lowest BCUT2D eigenvalue weighted by Crippen LogP contribution is -2.16. The molecule has 0 bridgehead atoms. The van der Waals surface area contributed by atoms with Gasteiger partial charge in [0.1, 0.15) is 6.33 Å². The van der Waals surface area contributed by atoms with Gasteiger partial charge in [0.05, 0.1) is 4.92 Å². The molecule has 0 spiro atoms. The van der Waals surface area contributed by atoms with E-state index >= 15 is 0 Å². The summed E-state index contributed by atoms with van der Waals surface area (Å²) in [4.78, 5) is 30.1. The minimum atomic E-state index is -0.555. The first-order valence-electron chi connectivity index (χ1n) is 6.13. The Morgan fingerprint density at radius 3 is 2.90 bits per heavy atom. The summed E-state index contributed by atoms with van der Waals surface area (Å²) in [7, 11) is 1.54. The van der Waals surface area contributed by atoms with E-state index < -0.39 is 4.92 Å². The Balaban J connectivity index is 2.02. The Kier molecular flexibility index (Phi) is 3.33. The van der Waals surface area contributed by atoms with Crippen molar-refractivity contribution in [3.8, 4) is 0 Å². The summed E-state index contributed by atoms with van der Waals surface area (Å²) in [6, 6.07) is 0.114. The van der Waals surface area contributed by atoms with Crippen LogP contribution in [0.25, 0.3) is 0 Å². The molecule has 21 heavy (non-hydrogen) atoms. The van der Waals surface area contributed by atoms with Gasteiger partial charge in [0, 0.05) is 13.1 Å². The molecule has 0 amide bonds. The number of hydrogen-bond donors (Lipinski definition) is 2. The number of rotatable bonds is 5. The Hall–Kier alpha value is -2.43. The molecule has 0 atom stereocenters. The van der Waals surface area contributed by atoms with Crippen LogP contribution in [0.5, 0.6) is 0 Å². The van der Waals surface area contributed by atoms with E-state index in [-0.39, 0.29) is 28.3 Å². The van der Waals surface area contributed by atoms with Gasteiger partial charge in [-0.25, -0.2) is 19.9 Å². The van der Waals surface area contributed by atoms with Crippen molar-refractivity contribution in [1.29, 1.82) is 0 Å². The van der Waals surface area contributed by atoms with Crippen LogP contribution in [-0.2, 0) is 0 Å². The van der Waals surface area contributed by atoms with Crippen molar-refractivity contribution in [2.24, 2.45) is 0 Å². The minimum absolute atomic E-state index is 0.114. The molecular weight excluding hydrogens is 298 g/mol. The minimum Gasteiger partial charge on any atom is -0.367 e. The predicted octanol–water partition coefficient (Wildman–Crippen LogP) is 0.797. The zero-order chi connectivity index (χ0) is 15.0. The first kappa shape index (κ1) is 13.5. The number of nitrogens with zero attached hydrogens (tertiary/aromatic N) is 5. The van der Waals surface area contributed by atoms with Gasteiger partial charge in [-0.15, -0.1) is 5.10 Å². The maximum absolute atomic E-state index is 11.7. The quantitative estimate of drug-likeness (QED) is 0.471. The second-order valence-electron chi connectivity index (χ2n) is 4.40. The lowest BCUT2D eigenvalue weighted by Gasteiger charge is -2.05. The highest BCUT2D eigenvalue weighted by atomic mass is 32.2. The van der Waals surface area contributed by atoms with Crippen molar-refractivity contribution < 1.29 is 4.92 Å². The van der Waals surface area contributed by atoms with Crippen molar-refractivity contribution in [2.75, 3.05) is 12.4 Å². The molecule has 2 N–H and O–H groups in total. The van der Waals surface area contributed by atoms with Gasteiger partial charge >= 0.3 is 11.4 Å². The van der Waals surface area contributed by atoms with Crippen molar-refractivity contribution >= 4 is 23.3 Å². The van der Waals surface area contributed by atoms with Gasteiger partial charge in [-0.2, -0.15) is 0 Å². The van der Waals surface area contributed by atoms with E-state index in [4.69, 9.17) is 0 Å². The van der Waals surface area contributed by atoms with E-state index in [0.717, 1.165) is 24.6 Å². The lowest BCUT2D eigenvalue weighted by molar-refractivity contribution is -0.387. The molecule has 2 heterocycles. The largest absolute Gasteiger partial charge is 0.367 e. The predicted molar refractivity (Wildman–Crippen MR) is 73.5 cm³/mol. The molecule has 2 aromatic rings. The monoisotopic (exact) mass is 309 g/mol. The molecule has 110 valence electrons. The van der Waals surface area contributed by atoms with E-state index in [9.17, 15) is 14.9 Å². The molecule has 11 heteroatoms. The molecule has 2 aromatic heterocycles. The Morgan fingerprint density at radius 2 is 2.29 bits per heavy atom. The van der Waals surface area contributed by atoms with Crippen LogP contribution in [0.15, 0.2) is 21.3 Å². The number of nitro groups is 1. The SMILES string of the molecule is CNc1ncnc(Sc2n[nH]c(=O)n2C2CC2)c1[N+](=O)[O-]. The lowest BCUT2D eigenvalue weighted by atomic mass is 10.5. The van der Waals surface area contributed by atoms with Crippen molar-refractivity contribution in [2.45, 2.75) is 29.1 Å². The first-order chi connectivity index (χ1) is 10.1. The molecule has 3 rings (SSSR count). The molecule has 0 aromatic carbocycles. The van der Waals surface area contributed by atoms with E-state index in [1.165, 1.54) is 10.9 Å². The van der Waals surface area contributed by atoms with Crippen LogP contribution in [0.4, 0.5) is 11.5 Å². The van der Waals surface area contributed by atoms with Crippen LogP contribution in [0.3, 0.4) is 0 Å². The highest BCUT2D eigenvalue weighted by molar-refractivity contribution is 7.99. The highest BCUT2D eigenvalue weighted by Crippen LogP contribution is 2.40. The van der Waals surface area contributed by atoms with Gasteiger partial charge in [0.25, 0.3) is 0 Å². The third-order valence-corrected chi connectivity index (χ3v) is 3.94. The van der Waals surface area contributed by atoms with E-state index in [2.05, 4.69) is 25.5 Å². The van der Waals surface area contributed by atoms with Gasteiger partial charge < -0.3 is 5.32 Å². The van der Waals surface area contributed by atoms with E-state index in [1.54, 1.807) is 7.05 Å². The molecule has 1 saturated carbocycles. The number of anilines is 1. The third kappa shape index (κ3) is 2.46. The molecule has 1 aliphatic rings. The molecular formula is C10H11N7O3S. The smallest absolute Gasteiger partial charge is 0.344 e. The van der Waals surface area contributed by atoms with Gasteiger partial charge in [0.15, 0.2) is 10.2 Å². The number of H-pyrrole nitrogens is 1. The van der Waals surface area contributed by atoms with Crippen LogP contribution in [0.1, 0.15) is 18.9 Å². The van der Waals surface area contributed by atoms with Crippen molar-refractivity contribution in [3.05, 3.63) is 26.9 Å². The van der Waals surface area contributed by atoms with Crippen LogP contribution >= 0.6 is 11.8 Å². The normalized spacial score (nSPS) is 14.1. The zero-order valence-electron chi connectivity index (χ0n) is 10.9. The standard InChI is InChI=1S/C10H11N7O3S/c1-11-7-6(17(19)20)8(13-4-12-7)21-10-15-14-9(18)16(10)5-2-3-5/h4-5H,2-3H2,1H3,(H,14,18)(H,11,12,13). The summed E-state index contributed by atoms with van der Waals surface area (Å²) in [5.41, 5.74) is -0.548. The maximum Gasteiger partial charge on any atom is 0.344 e. The van der Waals surface area contributed by atoms with E-state index in [0.29, 0.717) is 5.16 Å². The van der Waals surface area contributed by atoms with Crippen LogP contribution < -0.4 is 11.0 Å². The second kappa shape index (κ2) is 5.16. The highest BCUT2D eigenvalue weighted by Gasteiger charge is 2.31. The molecule has 1 aliphatic carbocycles. The van der Waals surface area contributed by atoms with E-state index in [1.807, 2.05) is 0 Å². The number of hydrogen-bond acceptors (Lipinski definition) is 8. The molecule has 1 fully saturated rings. The second-order valence-corrected chi connectivity index (χ2v) is 5.35. The van der Waals surface area contributed by atoms with Crippen LogP contribution in [-0.4, -0.2) is 36.7 Å². The van der Waals surface area contributed by atoms with Crippen LogP contribution in [0, 0.1) is 10.1 Å². The summed E-state index contributed by atoms with van der Waals surface area (Å²) < 4.78 is 1.51. The Labute approximate surface area is 122 Å². The third-order valence-electron chi connectivity index (χ3n) is 2.98. The Bertz CT molecular complexity index is 751. The summed E-state index contributed by atoms with van der Waals surface area (Å²) >= 11 is 0.976. The zero-order valence-corrected chi connectivity index (χ0v) is 11.8. The first-order valence-corrected chi connectivity index (χ1v) is 6.95. The number of aromatic nitrogens is 5. The van der Waals surface area contributed by atoms with Crippen LogP contribution in [0.2, 0.25) is 0 Å². The number of aromatic amines is 1. The Morgan fingerprint density at radius 1 is 1.52 bits per heavy atom. The fourth-order valence-corrected chi connectivity index (χ4v) is 2.85. The number of nitrogens with one attached hydrogen (secondary N) is 2. The molecule has 0 radical (unpaired) electrons. The fraction of sp³-hybridized carbons (Fsp3) is 0.400. The fourth-order valence-electron chi connectivity index (χ4n) is 1.89. The molecule has 0 unspecified atom stereocenters. The van der Waals surface area contributed by atoms with Gasteiger partial charge in [-0.1, -0.05) is 0 Å².